The van der Waals surface area contributed by atoms with Crippen LogP contribution >= 0.6 is 0 Å². The summed E-state index contributed by atoms with van der Waals surface area (Å²) in [6.45, 7) is 1.07. The van der Waals surface area contributed by atoms with Crippen molar-refractivity contribution in [2.75, 3.05) is 20.6 Å². The lowest BCUT2D eigenvalue weighted by molar-refractivity contribution is -0.862. The van der Waals surface area contributed by atoms with Crippen LogP contribution in [0.15, 0.2) is 36.4 Å². The Bertz CT molecular complexity index is 467. The van der Waals surface area contributed by atoms with Gasteiger partial charge in [-0.1, -0.05) is 36.8 Å². The van der Waals surface area contributed by atoms with E-state index in [4.69, 9.17) is 4.74 Å². The molecule has 0 unspecified atom stereocenters. The molecular formula is C18H26NO2+. The fourth-order valence-electron chi connectivity index (χ4n) is 3.00. The molecule has 21 heavy (non-hydrogen) atoms. The minimum absolute atomic E-state index is 0.0848. The van der Waals surface area contributed by atoms with E-state index < -0.39 is 0 Å². The van der Waals surface area contributed by atoms with Crippen molar-refractivity contribution in [2.24, 2.45) is 5.92 Å². The molecule has 0 aliphatic heterocycles. The van der Waals surface area contributed by atoms with E-state index in [1.807, 2.05) is 36.4 Å². The molecule has 114 valence electrons. The molecule has 2 rings (SSSR count). The largest absolute Gasteiger partial charge is 0.459 e. The molecule has 1 saturated carbocycles. The maximum atomic E-state index is 12.0. The summed E-state index contributed by atoms with van der Waals surface area (Å²) in [6, 6.07) is 9.83. The summed E-state index contributed by atoms with van der Waals surface area (Å²) >= 11 is 0. The van der Waals surface area contributed by atoms with Gasteiger partial charge in [0.15, 0.2) is 0 Å². The lowest BCUT2D eigenvalue weighted by Gasteiger charge is -2.31. The number of quaternary nitrogens is 1. The van der Waals surface area contributed by atoms with Crippen LogP contribution in [0.3, 0.4) is 0 Å². The molecule has 1 aliphatic carbocycles. The second-order valence-corrected chi connectivity index (χ2v) is 6.18. The standard InChI is InChI=1S/C18H25NO2/c1-19(2)14-16-10-6-7-11-17(16)21-18(20)13-12-15-8-4-3-5-9-15/h3-5,8-9,12-13,16-17H,6-7,10-11,14H2,1-2H3/p+1/b13-12+/t16-,17+/m1/s1. The average Bonchev–Trinajstić information content (AvgIpc) is 2.48. The highest BCUT2D eigenvalue weighted by Gasteiger charge is 2.29. The minimum atomic E-state index is -0.218. The molecule has 0 heterocycles. The van der Waals surface area contributed by atoms with Crippen molar-refractivity contribution in [1.82, 2.24) is 0 Å². The Labute approximate surface area is 127 Å². The first-order chi connectivity index (χ1) is 10.1. The van der Waals surface area contributed by atoms with Gasteiger partial charge >= 0.3 is 5.97 Å². The molecule has 0 saturated heterocycles. The second-order valence-electron chi connectivity index (χ2n) is 6.18. The molecule has 0 bridgehead atoms. The number of hydrogen-bond acceptors (Lipinski definition) is 2. The molecule has 0 amide bonds. The summed E-state index contributed by atoms with van der Waals surface area (Å²) in [6.07, 6.45) is 8.04. The Kier molecular flexibility index (Phi) is 6.00. The van der Waals surface area contributed by atoms with Crippen molar-refractivity contribution in [1.29, 1.82) is 0 Å². The number of hydrogen-bond donors (Lipinski definition) is 1. The van der Waals surface area contributed by atoms with E-state index in [-0.39, 0.29) is 12.1 Å². The molecule has 3 heteroatoms. The smallest absolute Gasteiger partial charge is 0.331 e. The van der Waals surface area contributed by atoms with Gasteiger partial charge in [-0.2, -0.15) is 0 Å². The molecule has 0 aromatic heterocycles. The van der Waals surface area contributed by atoms with Gasteiger partial charge in [-0.25, -0.2) is 4.79 Å². The van der Waals surface area contributed by atoms with E-state index in [1.54, 1.807) is 6.08 Å². The predicted octanol–water partition coefficient (Wildman–Crippen LogP) is 1.95. The number of rotatable bonds is 5. The molecule has 0 spiro atoms. The van der Waals surface area contributed by atoms with E-state index in [0.717, 1.165) is 18.5 Å². The van der Waals surface area contributed by atoms with E-state index in [9.17, 15) is 4.79 Å². The summed E-state index contributed by atoms with van der Waals surface area (Å²) in [7, 11) is 4.31. The van der Waals surface area contributed by atoms with Gasteiger partial charge in [0.2, 0.25) is 0 Å². The summed E-state index contributed by atoms with van der Waals surface area (Å²) < 4.78 is 5.69. The van der Waals surface area contributed by atoms with Gasteiger partial charge in [-0.05, 0) is 30.9 Å². The highest BCUT2D eigenvalue weighted by Crippen LogP contribution is 2.26. The van der Waals surface area contributed by atoms with Crippen LogP contribution in [0, 0.1) is 5.92 Å². The van der Waals surface area contributed by atoms with Crippen LogP contribution in [0.4, 0.5) is 0 Å². The second kappa shape index (κ2) is 7.99. The SMILES string of the molecule is C[NH+](C)C[C@H]1CCCC[C@@H]1OC(=O)/C=C/c1ccccc1. The van der Waals surface area contributed by atoms with Gasteiger partial charge in [0.05, 0.1) is 20.6 Å². The van der Waals surface area contributed by atoms with Gasteiger partial charge < -0.3 is 9.64 Å². The number of ether oxygens (including phenoxy) is 1. The highest BCUT2D eigenvalue weighted by molar-refractivity contribution is 5.87. The Morgan fingerprint density at radius 3 is 2.67 bits per heavy atom. The van der Waals surface area contributed by atoms with Gasteiger partial charge in [0.25, 0.3) is 0 Å². The zero-order chi connectivity index (χ0) is 15.1. The number of carbonyl (C=O) groups is 1. The Hall–Kier alpha value is -1.61. The van der Waals surface area contributed by atoms with Crippen LogP contribution in [-0.4, -0.2) is 32.7 Å². The first kappa shape index (κ1) is 15.8. The first-order valence-corrected chi connectivity index (χ1v) is 7.88. The maximum Gasteiger partial charge on any atom is 0.331 e. The van der Waals surface area contributed by atoms with Crippen molar-refractivity contribution in [3.63, 3.8) is 0 Å². The van der Waals surface area contributed by atoms with E-state index >= 15 is 0 Å². The predicted molar refractivity (Wildman–Crippen MR) is 85.0 cm³/mol. The fraction of sp³-hybridized carbons (Fsp3) is 0.500. The summed E-state index contributed by atoms with van der Waals surface area (Å²) in [5.41, 5.74) is 1.02. The molecule has 2 atom stereocenters. The monoisotopic (exact) mass is 288 g/mol. The van der Waals surface area contributed by atoms with Crippen LogP contribution < -0.4 is 4.90 Å². The first-order valence-electron chi connectivity index (χ1n) is 7.88. The zero-order valence-corrected chi connectivity index (χ0v) is 13.0. The summed E-state index contributed by atoms with van der Waals surface area (Å²) in [4.78, 5) is 13.4. The molecular weight excluding hydrogens is 262 g/mol. The van der Waals surface area contributed by atoms with Crippen molar-refractivity contribution >= 4 is 12.0 Å². The van der Waals surface area contributed by atoms with E-state index in [0.29, 0.717) is 5.92 Å². The fourth-order valence-corrected chi connectivity index (χ4v) is 3.00. The van der Waals surface area contributed by atoms with Crippen LogP contribution in [0.1, 0.15) is 31.2 Å². The summed E-state index contributed by atoms with van der Waals surface area (Å²) in [5.74, 6) is 0.280. The molecule has 1 aromatic rings. The number of nitrogens with one attached hydrogen (secondary N) is 1. The minimum Gasteiger partial charge on any atom is -0.459 e. The third-order valence-corrected chi connectivity index (χ3v) is 3.99. The van der Waals surface area contributed by atoms with Gasteiger partial charge in [0.1, 0.15) is 6.10 Å². The molecule has 0 radical (unpaired) electrons. The zero-order valence-electron chi connectivity index (χ0n) is 13.0. The Morgan fingerprint density at radius 1 is 1.24 bits per heavy atom. The van der Waals surface area contributed by atoms with Crippen molar-refractivity contribution in [2.45, 2.75) is 31.8 Å². The molecule has 1 fully saturated rings. The van der Waals surface area contributed by atoms with Crippen LogP contribution in [0.25, 0.3) is 6.08 Å². The topological polar surface area (TPSA) is 30.7 Å². The van der Waals surface area contributed by atoms with Crippen LogP contribution in [0.2, 0.25) is 0 Å². The molecule has 3 nitrogen and oxygen atoms in total. The van der Waals surface area contributed by atoms with Crippen LogP contribution in [0.5, 0.6) is 0 Å². The third-order valence-electron chi connectivity index (χ3n) is 3.99. The Morgan fingerprint density at radius 2 is 1.95 bits per heavy atom. The Balaban J connectivity index is 1.89. The van der Waals surface area contributed by atoms with Crippen molar-refractivity contribution in [3.8, 4) is 0 Å². The van der Waals surface area contributed by atoms with Gasteiger partial charge in [0, 0.05) is 12.0 Å². The average molecular weight is 288 g/mol. The number of esters is 1. The van der Waals surface area contributed by atoms with Gasteiger partial charge in [-0.3, -0.25) is 0 Å². The lowest BCUT2D eigenvalue weighted by Crippen LogP contribution is -3.06. The van der Waals surface area contributed by atoms with E-state index in [1.165, 1.54) is 24.2 Å². The highest BCUT2D eigenvalue weighted by atomic mass is 16.5. The molecule has 1 aliphatic rings. The lowest BCUT2D eigenvalue weighted by atomic mass is 9.86. The quantitative estimate of drug-likeness (QED) is 0.663. The molecule has 1 aromatic carbocycles. The summed E-state index contributed by atoms with van der Waals surface area (Å²) in [5, 5.41) is 0. The number of benzene rings is 1. The van der Waals surface area contributed by atoms with Crippen LogP contribution in [-0.2, 0) is 9.53 Å². The third kappa shape index (κ3) is 5.35. The van der Waals surface area contributed by atoms with Gasteiger partial charge in [-0.15, -0.1) is 0 Å². The van der Waals surface area contributed by atoms with E-state index in [2.05, 4.69) is 14.1 Å². The molecule has 1 N–H and O–H groups in total. The maximum absolute atomic E-state index is 12.0. The van der Waals surface area contributed by atoms with Crippen molar-refractivity contribution < 1.29 is 14.4 Å². The normalized spacial score (nSPS) is 22.6. The number of carbonyl (C=O) groups excluding carboxylic acids is 1. The van der Waals surface area contributed by atoms with Crippen molar-refractivity contribution in [3.05, 3.63) is 42.0 Å².